The van der Waals surface area contributed by atoms with Crippen molar-refractivity contribution in [1.29, 1.82) is 0 Å². The van der Waals surface area contributed by atoms with E-state index < -0.39 is 5.60 Å². The summed E-state index contributed by atoms with van der Waals surface area (Å²) in [5.74, 6) is 0.762. The molecule has 8 aromatic rings. The van der Waals surface area contributed by atoms with Gasteiger partial charge in [-0.15, -0.1) is 0 Å². The zero-order chi connectivity index (χ0) is 51.2. The van der Waals surface area contributed by atoms with Crippen molar-refractivity contribution in [3.05, 3.63) is 156 Å². The van der Waals surface area contributed by atoms with Crippen LogP contribution in [-0.2, 0) is 4.74 Å². The van der Waals surface area contributed by atoms with Crippen LogP contribution in [-0.4, -0.2) is 81.8 Å². The predicted molar refractivity (Wildman–Crippen MR) is 276 cm³/mol. The third-order valence-corrected chi connectivity index (χ3v) is 13.2. The van der Waals surface area contributed by atoms with Gasteiger partial charge in [0.25, 0.3) is 0 Å². The molecule has 4 aromatic heterocycles. The van der Waals surface area contributed by atoms with E-state index in [0.29, 0.717) is 42.0 Å². The first-order chi connectivity index (χ1) is 35.2. The molecule has 0 bridgehead atoms. The van der Waals surface area contributed by atoms with Crippen molar-refractivity contribution in [1.82, 2.24) is 49.3 Å². The van der Waals surface area contributed by atoms with Crippen molar-refractivity contribution in [2.75, 3.05) is 26.2 Å². The summed E-state index contributed by atoms with van der Waals surface area (Å²) in [5, 5.41) is 3.41. The second-order valence-corrected chi connectivity index (χ2v) is 19.5. The van der Waals surface area contributed by atoms with E-state index in [-0.39, 0.29) is 35.8 Å². The molecule has 0 radical (unpaired) electrons. The van der Waals surface area contributed by atoms with E-state index in [4.69, 9.17) is 34.1 Å². The minimum absolute atomic E-state index is 0.0782. The van der Waals surface area contributed by atoms with Crippen LogP contribution < -0.4 is 14.8 Å². The van der Waals surface area contributed by atoms with Gasteiger partial charge >= 0.3 is 18.1 Å². The number of hydrogen-bond donors (Lipinski definition) is 1. The van der Waals surface area contributed by atoms with Crippen molar-refractivity contribution in [2.24, 2.45) is 0 Å². The van der Waals surface area contributed by atoms with Crippen molar-refractivity contribution in [3.63, 3.8) is 0 Å². The zero-order valence-electron chi connectivity index (χ0n) is 42.3. The van der Waals surface area contributed by atoms with Crippen molar-refractivity contribution in [3.8, 4) is 68.8 Å². The van der Waals surface area contributed by atoms with Crippen LogP contribution in [0.2, 0.25) is 0 Å². The van der Waals surface area contributed by atoms with Gasteiger partial charge in [-0.05, 0) is 194 Å². The number of halogens is 2. The second-order valence-electron chi connectivity index (χ2n) is 19.5. The number of nitrogens with zero attached hydrogens (tertiary/aromatic N) is 9. The molecule has 10 rings (SSSR count). The van der Waals surface area contributed by atoms with Crippen LogP contribution in [0.3, 0.4) is 0 Å². The highest BCUT2D eigenvalue weighted by Crippen LogP contribution is 2.38. The second kappa shape index (κ2) is 21.9. The standard InChI is InChI=1S/C31H34FN5O3.C26H26FN5O/c1-20-6-11-25(18-21(20)2)39-29-33-15-12-26(35-29)28-27(22-7-9-23(32)10-8-22)34-19-37(28)24-13-16-36(17-14-24)30(38)40-31(3,4)5;1-17-3-8-22(15-18(17)2)33-26-29-14-11-23(31-26)25-24(19-4-6-20(27)7-5-19)30-16-32(25)21-9-12-28-13-10-21/h6-12,15,18-19,24H,13-14,16-17H2,1-5H3;3-8,11,14-16,21,28H,9-10,12-13H2,1-2H3. The van der Waals surface area contributed by atoms with Gasteiger partial charge in [-0.2, -0.15) is 9.97 Å². The third-order valence-electron chi connectivity index (χ3n) is 13.2. The van der Waals surface area contributed by atoms with Crippen LogP contribution in [0.15, 0.2) is 122 Å². The first-order valence-electron chi connectivity index (χ1n) is 24.7. The Labute approximate surface area is 424 Å². The van der Waals surface area contributed by atoms with Crippen LogP contribution in [0.4, 0.5) is 13.6 Å². The highest BCUT2D eigenvalue weighted by Gasteiger charge is 2.30. The van der Waals surface area contributed by atoms with Crippen LogP contribution in [0, 0.1) is 39.3 Å². The Morgan fingerprint density at radius 2 is 1.01 bits per heavy atom. The highest BCUT2D eigenvalue weighted by atomic mass is 19.1. The lowest BCUT2D eigenvalue weighted by molar-refractivity contribution is 0.0189. The fourth-order valence-corrected chi connectivity index (χ4v) is 8.97. The minimum atomic E-state index is -0.542. The maximum atomic E-state index is 13.7. The molecule has 2 aliphatic heterocycles. The molecule has 0 aliphatic carbocycles. The van der Waals surface area contributed by atoms with E-state index in [2.05, 4.69) is 31.3 Å². The molecule has 6 heterocycles. The first-order valence-corrected chi connectivity index (χ1v) is 24.7. The van der Waals surface area contributed by atoms with Crippen molar-refractivity contribution in [2.45, 2.75) is 91.8 Å². The molecular weight excluding hydrogens is 927 g/mol. The molecule has 0 spiro atoms. The summed E-state index contributed by atoms with van der Waals surface area (Å²) in [5.41, 5.74) is 10.2. The maximum absolute atomic E-state index is 13.7. The van der Waals surface area contributed by atoms with E-state index in [1.54, 1.807) is 47.9 Å². The number of carbonyl (C=O) groups is 1. The summed E-state index contributed by atoms with van der Waals surface area (Å²) in [4.78, 5) is 42.0. The number of aromatic nitrogens is 8. The number of piperidine rings is 2. The van der Waals surface area contributed by atoms with E-state index in [1.165, 1.54) is 35.4 Å². The molecule has 1 N–H and O–H groups in total. The Balaban J connectivity index is 0.000000183. The predicted octanol–water partition coefficient (Wildman–Crippen LogP) is 12.6. The van der Waals surface area contributed by atoms with E-state index in [9.17, 15) is 13.6 Å². The Hall–Kier alpha value is -7.85. The van der Waals surface area contributed by atoms with Gasteiger partial charge in [-0.3, -0.25) is 0 Å². The molecule has 2 fully saturated rings. The number of benzene rings is 4. The van der Waals surface area contributed by atoms with Gasteiger partial charge in [0, 0.05) is 48.7 Å². The Kier molecular flexibility index (Phi) is 15.0. The Morgan fingerprint density at radius 3 is 1.44 bits per heavy atom. The van der Waals surface area contributed by atoms with Crippen LogP contribution >= 0.6 is 0 Å². The van der Waals surface area contributed by atoms with Gasteiger partial charge in [-0.1, -0.05) is 12.1 Å². The summed E-state index contributed by atoms with van der Waals surface area (Å²) in [6.45, 7) is 16.8. The van der Waals surface area contributed by atoms with Gasteiger partial charge in [0.2, 0.25) is 0 Å². The number of rotatable bonds is 10. The summed E-state index contributed by atoms with van der Waals surface area (Å²) in [6.07, 6.45) is 10.2. The van der Waals surface area contributed by atoms with E-state index in [1.807, 2.05) is 96.4 Å². The fourth-order valence-electron chi connectivity index (χ4n) is 8.97. The van der Waals surface area contributed by atoms with Crippen LogP contribution in [0.25, 0.3) is 45.3 Å². The van der Waals surface area contributed by atoms with Gasteiger partial charge in [0.1, 0.15) is 28.7 Å². The molecule has 0 saturated carbocycles. The molecule has 73 heavy (non-hydrogen) atoms. The molecule has 14 nitrogen and oxygen atoms in total. The lowest BCUT2D eigenvalue weighted by Crippen LogP contribution is -2.42. The number of imidazole rings is 2. The number of carbonyl (C=O) groups excluding carboxylic acids is 1. The summed E-state index contributed by atoms with van der Waals surface area (Å²) < 4.78 is 49.2. The SMILES string of the molecule is Cc1ccc(Oc2nccc(-c3c(-c4ccc(F)cc4)ncn3C3CCN(C(=O)OC(C)(C)C)CC3)n2)cc1C.Cc1ccc(Oc2nccc(-c3c(-c4ccc(F)cc4)ncn3C3CCNCC3)n2)cc1C. The average molecular weight is 987 g/mol. The van der Waals surface area contributed by atoms with Gasteiger partial charge in [-0.25, -0.2) is 33.5 Å². The lowest BCUT2D eigenvalue weighted by Gasteiger charge is -2.34. The van der Waals surface area contributed by atoms with Crippen molar-refractivity contribution >= 4 is 6.09 Å². The normalized spacial score (nSPS) is 14.3. The Bertz CT molecular complexity index is 3190. The molecule has 16 heteroatoms. The molecule has 376 valence electrons. The molecule has 4 aromatic carbocycles. The van der Waals surface area contributed by atoms with E-state index in [0.717, 1.165) is 83.8 Å². The van der Waals surface area contributed by atoms with Crippen LogP contribution in [0.5, 0.6) is 23.5 Å². The Morgan fingerprint density at radius 1 is 0.575 bits per heavy atom. The number of hydrogen-bond acceptors (Lipinski definition) is 11. The summed E-state index contributed by atoms with van der Waals surface area (Å²) >= 11 is 0. The highest BCUT2D eigenvalue weighted by molar-refractivity contribution is 5.78. The number of nitrogens with one attached hydrogen (secondary N) is 1. The molecule has 0 unspecified atom stereocenters. The van der Waals surface area contributed by atoms with Gasteiger partial charge in [0.15, 0.2) is 0 Å². The van der Waals surface area contributed by atoms with Gasteiger partial charge in [0.05, 0.1) is 46.8 Å². The first kappa shape index (κ1) is 50.1. The zero-order valence-corrected chi connectivity index (χ0v) is 42.3. The topological polar surface area (TPSA) is 147 Å². The lowest BCUT2D eigenvalue weighted by atomic mass is 10.0. The molecule has 2 saturated heterocycles. The summed E-state index contributed by atoms with van der Waals surface area (Å²) in [6, 6.07) is 29.0. The quantitative estimate of drug-likeness (QED) is 0.140. The molecular formula is C57H60F2N10O4. The third kappa shape index (κ3) is 12.1. The largest absolute Gasteiger partial charge is 0.444 e. The monoisotopic (exact) mass is 986 g/mol. The van der Waals surface area contributed by atoms with Crippen LogP contribution in [0.1, 0.15) is 80.8 Å². The molecule has 1 amide bonds. The fraction of sp³-hybridized carbons (Fsp3) is 0.316. The van der Waals surface area contributed by atoms with Gasteiger partial charge < -0.3 is 33.6 Å². The van der Waals surface area contributed by atoms with E-state index >= 15 is 0 Å². The maximum Gasteiger partial charge on any atom is 0.410 e. The minimum Gasteiger partial charge on any atom is -0.444 e. The average Bonchev–Trinajstić information content (AvgIpc) is 4.04. The van der Waals surface area contributed by atoms with Crippen molar-refractivity contribution < 1.29 is 27.8 Å². The summed E-state index contributed by atoms with van der Waals surface area (Å²) in [7, 11) is 0. The number of amides is 1. The number of aryl methyl sites for hydroxylation is 4. The molecule has 0 atom stereocenters. The number of ether oxygens (including phenoxy) is 3. The molecule has 2 aliphatic rings. The smallest absolute Gasteiger partial charge is 0.410 e. The number of likely N-dealkylation sites (tertiary alicyclic amines) is 1.